The molecule has 6 nitrogen and oxygen atoms in total. The summed E-state index contributed by atoms with van der Waals surface area (Å²) in [5, 5.41) is 0.250. The van der Waals surface area contributed by atoms with Crippen LogP contribution >= 0.6 is 23.2 Å². The highest BCUT2D eigenvalue weighted by atomic mass is 35.5. The molecule has 1 aliphatic rings. The van der Waals surface area contributed by atoms with E-state index in [1.165, 1.54) is 6.08 Å². The molecule has 0 fully saturated rings. The minimum Gasteiger partial charge on any atom is -0.462 e. The molecule has 0 spiro atoms. The van der Waals surface area contributed by atoms with Crippen LogP contribution in [-0.2, 0) is 19.1 Å². The number of benzene rings is 1. The third kappa shape index (κ3) is 4.90. The van der Waals surface area contributed by atoms with Gasteiger partial charge in [0, 0.05) is 22.1 Å². The Bertz CT molecular complexity index is 846. The molecular weight excluding hydrogens is 391 g/mol. The fraction of sp³-hybridized carbons (Fsp3) is 0.316. The van der Waals surface area contributed by atoms with E-state index < -0.39 is 17.8 Å². The number of ether oxygens (including phenoxy) is 1. The molecule has 2 rings (SSSR count). The smallest absolute Gasteiger partial charge is 0.349 e. The molecule has 144 valence electrons. The van der Waals surface area contributed by atoms with Crippen LogP contribution in [-0.4, -0.2) is 24.4 Å². The van der Waals surface area contributed by atoms with E-state index in [1.807, 2.05) is 0 Å². The second-order valence-electron chi connectivity index (χ2n) is 6.06. The fourth-order valence-corrected chi connectivity index (χ4v) is 3.51. The molecule has 8 heteroatoms. The van der Waals surface area contributed by atoms with Crippen LogP contribution in [0.1, 0.15) is 43.2 Å². The van der Waals surface area contributed by atoms with Gasteiger partial charge >= 0.3 is 5.97 Å². The number of esters is 1. The maximum atomic E-state index is 12.0. The van der Waals surface area contributed by atoms with Crippen molar-refractivity contribution >= 4 is 47.1 Å². The standard InChI is InChI=1S/C19H20Cl2N2O4/c1-2-27-19(26)15(21)9-11-8-10(6-7-14(11)20)12-4-3-5-13(17(22)24)16(12)18(23)25/h6-9,12H,2-5H2,1H3,(H2,22,24)(H2,23,25). The maximum Gasteiger partial charge on any atom is 0.349 e. The van der Waals surface area contributed by atoms with E-state index in [0.717, 1.165) is 5.56 Å². The first-order valence-corrected chi connectivity index (χ1v) is 9.18. The van der Waals surface area contributed by atoms with Crippen molar-refractivity contribution in [3.8, 4) is 0 Å². The van der Waals surface area contributed by atoms with Crippen molar-refractivity contribution in [2.75, 3.05) is 6.61 Å². The van der Waals surface area contributed by atoms with Crippen LogP contribution in [0.5, 0.6) is 0 Å². The van der Waals surface area contributed by atoms with Gasteiger partial charge in [-0.3, -0.25) is 9.59 Å². The number of nitrogens with two attached hydrogens (primary N) is 2. The van der Waals surface area contributed by atoms with E-state index in [0.29, 0.717) is 29.8 Å². The Morgan fingerprint density at radius 3 is 2.56 bits per heavy atom. The van der Waals surface area contributed by atoms with E-state index in [1.54, 1.807) is 25.1 Å². The summed E-state index contributed by atoms with van der Waals surface area (Å²) in [7, 11) is 0. The quantitative estimate of drug-likeness (QED) is 0.553. The topological polar surface area (TPSA) is 112 Å². The number of carbonyl (C=O) groups excluding carboxylic acids is 3. The average molecular weight is 411 g/mol. The third-order valence-electron chi connectivity index (χ3n) is 4.33. The lowest BCUT2D eigenvalue weighted by atomic mass is 9.78. The number of amides is 2. The van der Waals surface area contributed by atoms with Crippen LogP contribution in [0.3, 0.4) is 0 Å². The minimum absolute atomic E-state index is 0.122. The highest BCUT2D eigenvalue weighted by molar-refractivity contribution is 6.43. The summed E-state index contributed by atoms with van der Waals surface area (Å²) >= 11 is 12.2. The molecule has 1 aromatic rings. The van der Waals surface area contributed by atoms with E-state index in [-0.39, 0.29) is 28.7 Å². The monoisotopic (exact) mass is 410 g/mol. The fourth-order valence-electron chi connectivity index (χ4n) is 3.17. The Balaban J connectivity index is 2.49. The number of rotatable bonds is 6. The highest BCUT2D eigenvalue weighted by Crippen LogP contribution is 2.38. The van der Waals surface area contributed by atoms with Gasteiger partial charge in [0.1, 0.15) is 5.03 Å². The largest absolute Gasteiger partial charge is 0.462 e. The molecule has 1 atom stereocenters. The molecule has 0 heterocycles. The zero-order chi connectivity index (χ0) is 20.1. The van der Waals surface area contributed by atoms with E-state index in [9.17, 15) is 14.4 Å². The summed E-state index contributed by atoms with van der Waals surface area (Å²) in [6, 6.07) is 5.09. The summed E-state index contributed by atoms with van der Waals surface area (Å²) in [5.74, 6) is -2.37. The van der Waals surface area contributed by atoms with E-state index >= 15 is 0 Å². The first-order valence-electron chi connectivity index (χ1n) is 8.42. The Labute approximate surface area is 167 Å². The van der Waals surface area contributed by atoms with Crippen LogP contribution in [0.4, 0.5) is 0 Å². The first-order chi connectivity index (χ1) is 12.8. The normalized spacial score (nSPS) is 17.6. The average Bonchev–Trinajstić information content (AvgIpc) is 2.62. The first kappa shape index (κ1) is 21.0. The molecule has 0 aromatic heterocycles. The van der Waals surface area contributed by atoms with Crippen LogP contribution in [0.2, 0.25) is 5.02 Å². The molecule has 2 amide bonds. The highest BCUT2D eigenvalue weighted by Gasteiger charge is 2.30. The Morgan fingerprint density at radius 2 is 1.96 bits per heavy atom. The van der Waals surface area contributed by atoms with Gasteiger partial charge in [0.15, 0.2) is 0 Å². The van der Waals surface area contributed by atoms with Gasteiger partial charge in [-0.2, -0.15) is 0 Å². The molecule has 1 unspecified atom stereocenters. The molecule has 0 radical (unpaired) electrons. The second kappa shape index (κ2) is 9.06. The summed E-state index contributed by atoms with van der Waals surface area (Å²) in [6.45, 7) is 1.87. The molecule has 0 saturated heterocycles. The molecule has 27 heavy (non-hydrogen) atoms. The van der Waals surface area contributed by atoms with Crippen LogP contribution < -0.4 is 11.5 Å². The van der Waals surface area contributed by atoms with Gasteiger partial charge < -0.3 is 16.2 Å². The predicted molar refractivity (Wildman–Crippen MR) is 104 cm³/mol. The van der Waals surface area contributed by atoms with Crippen molar-refractivity contribution in [1.29, 1.82) is 0 Å². The predicted octanol–water partition coefficient (Wildman–Crippen LogP) is 3.02. The van der Waals surface area contributed by atoms with Gasteiger partial charge in [-0.25, -0.2) is 4.79 Å². The van der Waals surface area contributed by atoms with Crippen LogP contribution in [0, 0.1) is 0 Å². The lowest BCUT2D eigenvalue weighted by Gasteiger charge is -2.26. The van der Waals surface area contributed by atoms with Crippen molar-refractivity contribution < 1.29 is 19.1 Å². The third-order valence-corrected chi connectivity index (χ3v) is 4.94. The van der Waals surface area contributed by atoms with Gasteiger partial charge in [0.2, 0.25) is 11.8 Å². The summed E-state index contributed by atoms with van der Waals surface area (Å²) in [4.78, 5) is 35.4. The van der Waals surface area contributed by atoms with E-state index in [2.05, 4.69) is 0 Å². The summed E-state index contributed by atoms with van der Waals surface area (Å²) < 4.78 is 4.85. The van der Waals surface area contributed by atoms with Crippen molar-refractivity contribution in [3.63, 3.8) is 0 Å². The molecule has 4 N–H and O–H groups in total. The van der Waals surface area contributed by atoms with Crippen molar-refractivity contribution in [3.05, 3.63) is 50.5 Å². The number of carbonyl (C=O) groups is 3. The zero-order valence-corrected chi connectivity index (χ0v) is 16.3. The summed E-state index contributed by atoms with van der Waals surface area (Å²) in [6.07, 6.45) is 3.14. The van der Waals surface area contributed by atoms with Gasteiger partial charge in [0.05, 0.1) is 6.61 Å². The van der Waals surface area contributed by atoms with Gasteiger partial charge in [-0.15, -0.1) is 0 Å². The number of primary amides is 2. The SMILES string of the molecule is CCOC(=O)C(Cl)=Cc1cc(C2CCCC(C(N)=O)=C2C(N)=O)ccc1Cl. The second-order valence-corrected chi connectivity index (χ2v) is 6.87. The molecule has 1 aromatic carbocycles. The lowest BCUT2D eigenvalue weighted by Crippen LogP contribution is -2.29. The molecule has 0 bridgehead atoms. The number of hydrogen-bond donors (Lipinski definition) is 2. The van der Waals surface area contributed by atoms with Crippen molar-refractivity contribution in [2.45, 2.75) is 32.1 Å². The van der Waals surface area contributed by atoms with Gasteiger partial charge in [0.25, 0.3) is 0 Å². The lowest BCUT2D eigenvalue weighted by molar-refractivity contribution is -0.137. The Morgan fingerprint density at radius 1 is 1.26 bits per heavy atom. The van der Waals surface area contributed by atoms with Crippen molar-refractivity contribution in [2.24, 2.45) is 11.5 Å². The molecule has 0 aliphatic heterocycles. The number of halogens is 2. The van der Waals surface area contributed by atoms with E-state index in [4.69, 9.17) is 39.4 Å². The Hall–Kier alpha value is -2.31. The van der Waals surface area contributed by atoms with Gasteiger partial charge in [-0.1, -0.05) is 29.3 Å². The molecule has 0 saturated carbocycles. The van der Waals surface area contributed by atoms with Crippen molar-refractivity contribution in [1.82, 2.24) is 0 Å². The number of hydrogen-bond acceptors (Lipinski definition) is 4. The maximum absolute atomic E-state index is 12.0. The molecular formula is C19H20Cl2N2O4. The van der Waals surface area contributed by atoms with Crippen LogP contribution in [0.15, 0.2) is 34.4 Å². The summed E-state index contributed by atoms with van der Waals surface area (Å²) in [5.41, 5.74) is 12.6. The minimum atomic E-state index is -0.676. The zero-order valence-electron chi connectivity index (χ0n) is 14.8. The Kier molecular flexibility index (Phi) is 7.05. The van der Waals surface area contributed by atoms with Crippen LogP contribution in [0.25, 0.3) is 6.08 Å². The van der Waals surface area contributed by atoms with Gasteiger partial charge in [-0.05, 0) is 55.5 Å². The molecule has 1 aliphatic carbocycles.